The molecule has 0 aliphatic rings. The van der Waals surface area contributed by atoms with E-state index < -0.39 is 0 Å². The fraction of sp³-hybridized carbons (Fsp3) is 0.200. The smallest absolute Gasteiger partial charge is 0.252 e. The van der Waals surface area contributed by atoms with Gasteiger partial charge in [0.15, 0.2) is 5.78 Å². The fourth-order valence-electron chi connectivity index (χ4n) is 2.04. The molecule has 0 fully saturated rings. The number of hydrogen-bond acceptors (Lipinski definition) is 2. The van der Waals surface area contributed by atoms with E-state index >= 15 is 0 Å². The normalized spacial score (nSPS) is 9.70. The Morgan fingerprint density at radius 3 is 2.22 bits per heavy atom. The summed E-state index contributed by atoms with van der Waals surface area (Å²) in [4.78, 5) is 23.2. The SMILES string of the molecule is CC(=O)c1ccc(C#CCNC(=O)c2ccc(C)c(C)c2)cc1. The first-order valence-electron chi connectivity index (χ1n) is 7.42. The highest BCUT2D eigenvalue weighted by molar-refractivity contribution is 5.95. The first kappa shape index (κ1) is 16.5. The number of nitrogens with one attached hydrogen (secondary N) is 1. The molecule has 0 aromatic heterocycles. The average Bonchev–Trinajstić information content (AvgIpc) is 2.54. The van der Waals surface area contributed by atoms with Crippen molar-refractivity contribution in [3.63, 3.8) is 0 Å². The van der Waals surface area contributed by atoms with E-state index in [1.54, 1.807) is 24.3 Å². The van der Waals surface area contributed by atoms with Gasteiger partial charge in [0, 0.05) is 16.7 Å². The average molecular weight is 305 g/mol. The molecule has 116 valence electrons. The second-order valence-electron chi connectivity index (χ2n) is 5.42. The van der Waals surface area contributed by atoms with Crippen molar-refractivity contribution in [1.82, 2.24) is 5.32 Å². The van der Waals surface area contributed by atoms with Crippen LogP contribution in [0.3, 0.4) is 0 Å². The molecule has 0 atom stereocenters. The summed E-state index contributed by atoms with van der Waals surface area (Å²) in [5, 5.41) is 2.78. The molecule has 23 heavy (non-hydrogen) atoms. The maximum absolute atomic E-state index is 12.0. The molecule has 0 unspecified atom stereocenters. The fourth-order valence-corrected chi connectivity index (χ4v) is 2.04. The Bertz CT molecular complexity index is 793. The lowest BCUT2D eigenvalue weighted by Gasteiger charge is -2.04. The summed E-state index contributed by atoms with van der Waals surface area (Å²) in [5.74, 6) is 5.77. The maximum Gasteiger partial charge on any atom is 0.252 e. The van der Waals surface area contributed by atoms with Gasteiger partial charge in [-0.15, -0.1) is 0 Å². The monoisotopic (exact) mass is 305 g/mol. The van der Waals surface area contributed by atoms with Gasteiger partial charge in [-0.05, 0) is 56.2 Å². The van der Waals surface area contributed by atoms with Crippen molar-refractivity contribution in [1.29, 1.82) is 0 Å². The lowest BCUT2D eigenvalue weighted by molar-refractivity contribution is 0.0957. The molecule has 3 nitrogen and oxygen atoms in total. The Balaban J connectivity index is 1.93. The van der Waals surface area contributed by atoms with Crippen LogP contribution in [0, 0.1) is 25.7 Å². The highest BCUT2D eigenvalue weighted by Crippen LogP contribution is 2.09. The maximum atomic E-state index is 12.0. The minimum atomic E-state index is -0.130. The van der Waals surface area contributed by atoms with Crippen molar-refractivity contribution in [2.75, 3.05) is 6.54 Å². The molecule has 1 N–H and O–H groups in total. The van der Waals surface area contributed by atoms with Crippen molar-refractivity contribution >= 4 is 11.7 Å². The zero-order chi connectivity index (χ0) is 16.8. The van der Waals surface area contributed by atoms with Crippen LogP contribution in [0.15, 0.2) is 42.5 Å². The van der Waals surface area contributed by atoms with E-state index in [4.69, 9.17) is 0 Å². The highest BCUT2D eigenvalue weighted by Gasteiger charge is 2.04. The Hall–Kier alpha value is -2.86. The standard InChI is InChI=1S/C20H19NO2/c1-14-6-9-19(13-15(14)2)20(23)21-12-4-5-17-7-10-18(11-8-17)16(3)22/h6-11,13H,12H2,1-3H3,(H,21,23). The Morgan fingerprint density at radius 1 is 0.957 bits per heavy atom. The van der Waals surface area contributed by atoms with Crippen molar-refractivity contribution < 1.29 is 9.59 Å². The number of carbonyl (C=O) groups is 2. The summed E-state index contributed by atoms with van der Waals surface area (Å²) in [7, 11) is 0. The van der Waals surface area contributed by atoms with Gasteiger partial charge in [0.2, 0.25) is 0 Å². The van der Waals surface area contributed by atoms with Crippen LogP contribution in [0.5, 0.6) is 0 Å². The zero-order valence-electron chi connectivity index (χ0n) is 13.6. The molecular formula is C20H19NO2. The summed E-state index contributed by atoms with van der Waals surface area (Å²) in [6.45, 7) is 5.81. The van der Waals surface area contributed by atoms with Crippen LogP contribution in [-0.4, -0.2) is 18.2 Å². The largest absolute Gasteiger partial charge is 0.341 e. The van der Waals surface area contributed by atoms with Gasteiger partial charge in [0.1, 0.15) is 0 Å². The lowest BCUT2D eigenvalue weighted by Crippen LogP contribution is -2.23. The van der Waals surface area contributed by atoms with Crippen molar-refractivity contribution in [3.8, 4) is 11.8 Å². The van der Waals surface area contributed by atoms with Gasteiger partial charge in [-0.25, -0.2) is 0 Å². The summed E-state index contributed by atoms with van der Waals surface area (Å²) in [6, 6.07) is 12.7. The zero-order valence-corrected chi connectivity index (χ0v) is 13.6. The molecule has 0 saturated carbocycles. The van der Waals surface area contributed by atoms with E-state index in [1.807, 2.05) is 32.0 Å². The molecule has 0 heterocycles. The van der Waals surface area contributed by atoms with E-state index in [1.165, 1.54) is 6.92 Å². The van der Waals surface area contributed by atoms with Crippen LogP contribution < -0.4 is 5.32 Å². The van der Waals surface area contributed by atoms with Crippen LogP contribution in [0.2, 0.25) is 0 Å². The molecule has 0 spiro atoms. The third-order valence-electron chi connectivity index (χ3n) is 3.63. The molecule has 2 aromatic rings. The van der Waals surface area contributed by atoms with E-state index in [9.17, 15) is 9.59 Å². The molecule has 0 aliphatic carbocycles. The quantitative estimate of drug-likeness (QED) is 0.698. The summed E-state index contributed by atoms with van der Waals surface area (Å²) in [5.41, 5.74) is 4.37. The number of aryl methyl sites for hydroxylation is 2. The minimum Gasteiger partial charge on any atom is -0.341 e. The number of ketones is 1. The van der Waals surface area contributed by atoms with Gasteiger partial charge in [0.05, 0.1) is 6.54 Å². The number of carbonyl (C=O) groups excluding carboxylic acids is 2. The van der Waals surface area contributed by atoms with Crippen LogP contribution in [0.1, 0.15) is 44.3 Å². The first-order valence-corrected chi connectivity index (χ1v) is 7.42. The number of benzene rings is 2. The van der Waals surface area contributed by atoms with Gasteiger partial charge in [-0.1, -0.05) is 30.0 Å². The van der Waals surface area contributed by atoms with E-state index in [0.29, 0.717) is 11.1 Å². The van der Waals surface area contributed by atoms with E-state index in [2.05, 4.69) is 17.2 Å². The number of rotatable bonds is 3. The Kier molecular flexibility index (Phi) is 5.32. The van der Waals surface area contributed by atoms with Crippen LogP contribution in [0.25, 0.3) is 0 Å². The number of hydrogen-bond donors (Lipinski definition) is 1. The van der Waals surface area contributed by atoms with Crippen LogP contribution in [0.4, 0.5) is 0 Å². The molecule has 1 amide bonds. The number of Topliss-reactive ketones (excluding diaryl/α,β-unsaturated/α-hetero) is 1. The molecular weight excluding hydrogens is 286 g/mol. The lowest BCUT2D eigenvalue weighted by atomic mass is 10.1. The highest BCUT2D eigenvalue weighted by atomic mass is 16.1. The van der Waals surface area contributed by atoms with Gasteiger partial charge in [0.25, 0.3) is 5.91 Å². The van der Waals surface area contributed by atoms with E-state index in [-0.39, 0.29) is 18.2 Å². The third kappa shape index (κ3) is 4.55. The number of amides is 1. The molecule has 3 heteroatoms. The predicted molar refractivity (Wildman–Crippen MR) is 91.6 cm³/mol. The van der Waals surface area contributed by atoms with E-state index in [0.717, 1.165) is 16.7 Å². The molecule has 2 rings (SSSR count). The van der Waals surface area contributed by atoms with Crippen molar-refractivity contribution in [2.24, 2.45) is 0 Å². The van der Waals surface area contributed by atoms with Gasteiger partial charge in [-0.2, -0.15) is 0 Å². The van der Waals surface area contributed by atoms with Crippen LogP contribution >= 0.6 is 0 Å². The second-order valence-corrected chi connectivity index (χ2v) is 5.42. The Labute approximate surface area is 136 Å². The molecule has 0 aliphatic heterocycles. The summed E-state index contributed by atoms with van der Waals surface area (Å²) >= 11 is 0. The molecule has 0 saturated heterocycles. The van der Waals surface area contributed by atoms with Crippen LogP contribution in [-0.2, 0) is 0 Å². The van der Waals surface area contributed by atoms with Crippen molar-refractivity contribution in [2.45, 2.75) is 20.8 Å². The molecule has 0 bridgehead atoms. The van der Waals surface area contributed by atoms with Gasteiger partial charge < -0.3 is 5.32 Å². The van der Waals surface area contributed by atoms with Gasteiger partial charge in [-0.3, -0.25) is 9.59 Å². The second kappa shape index (κ2) is 7.42. The minimum absolute atomic E-state index is 0.0326. The third-order valence-corrected chi connectivity index (χ3v) is 3.63. The predicted octanol–water partition coefficient (Wildman–Crippen LogP) is 3.29. The van der Waals surface area contributed by atoms with Crippen molar-refractivity contribution in [3.05, 3.63) is 70.3 Å². The Morgan fingerprint density at radius 2 is 1.61 bits per heavy atom. The topological polar surface area (TPSA) is 46.2 Å². The molecule has 2 aromatic carbocycles. The molecule has 0 radical (unpaired) electrons. The summed E-state index contributed by atoms with van der Waals surface area (Å²) in [6.07, 6.45) is 0. The first-order chi connectivity index (χ1) is 11.0. The van der Waals surface area contributed by atoms with Gasteiger partial charge >= 0.3 is 0 Å². The summed E-state index contributed by atoms with van der Waals surface area (Å²) < 4.78 is 0.